The number of nitrogens with one attached hydrogen (secondary N) is 2. The molecule has 2 N–H and O–H groups in total. The van der Waals surface area contributed by atoms with Crippen molar-refractivity contribution >= 4 is 12.1 Å². The van der Waals surface area contributed by atoms with Crippen molar-refractivity contribution in [2.24, 2.45) is 0 Å². The predicted octanol–water partition coefficient (Wildman–Crippen LogP) is 3.90. The van der Waals surface area contributed by atoms with Crippen molar-refractivity contribution in [1.29, 1.82) is 0 Å². The average molecular weight is 344 g/mol. The number of nitrogens with zero attached hydrogens (tertiary/aromatic N) is 1. The van der Waals surface area contributed by atoms with E-state index in [9.17, 15) is 9.59 Å². The third kappa shape index (κ3) is 6.57. The molecule has 1 aliphatic carbocycles. The molecule has 3 amide bonds. The summed E-state index contributed by atoms with van der Waals surface area (Å²) < 4.78 is 5.39. The van der Waals surface area contributed by atoms with Gasteiger partial charge in [0.1, 0.15) is 5.60 Å². The summed E-state index contributed by atoms with van der Waals surface area (Å²) in [4.78, 5) is 25.9. The Morgan fingerprint density at radius 3 is 1.92 bits per heavy atom. The number of hydrogen-bond acceptors (Lipinski definition) is 3. The molecule has 0 atom stereocenters. The molecule has 6 heteroatoms. The third-order valence-corrected chi connectivity index (χ3v) is 4.67. The Bertz CT molecular complexity index is 428. The summed E-state index contributed by atoms with van der Waals surface area (Å²) >= 11 is 0. The van der Waals surface area contributed by atoms with Crippen molar-refractivity contribution < 1.29 is 17.2 Å². The molecule has 0 unspecified atom stereocenters. The molecule has 0 aromatic rings. The van der Waals surface area contributed by atoms with Gasteiger partial charge in [-0.25, -0.2) is 9.59 Å². The number of carbonyl (C=O) groups is 2. The molecule has 2 fully saturated rings. The number of urea groups is 1. The highest BCUT2D eigenvalue weighted by Crippen LogP contribution is 2.18. The van der Waals surface area contributed by atoms with Crippen LogP contribution in [0.2, 0.25) is 0 Å². The van der Waals surface area contributed by atoms with E-state index in [1.807, 2.05) is 20.8 Å². The number of likely N-dealkylation sites (tertiary alicyclic amines) is 1. The fourth-order valence-electron chi connectivity index (χ4n) is 3.37. The van der Waals surface area contributed by atoms with E-state index in [-0.39, 0.29) is 21.0 Å². The molecule has 1 heterocycles. The van der Waals surface area contributed by atoms with Gasteiger partial charge in [-0.3, -0.25) is 0 Å². The summed E-state index contributed by atoms with van der Waals surface area (Å²) in [7, 11) is 0. The minimum absolute atomic E-state index is 0. The van der Waals surface area contributed by atoms with Gasteiger partial charge in [0.25, 0.3) is 0 Å². The molecule has 1 saturated carbocycles. The maximum atomic E-state index is 12.2. The molecule has 2 aliphatic rings. The van der Waals surface area contributed by atoms with E-state index in [2.05, 4.69) is 10.6 Å². The van der Waals surface area contributed by atoms with Gasteiger partial charge >= 0.3 is 12.1 Å². The normalized spacial score (nSPS) is 21.0. The summed E-state index contributed by atoms with van der Waals surface area (Å²) in [5.41, 5.74) is -0.467. The van der Waals surface area contributed by atoms with Crippen LogP contribution in [0, 0.1) is 0 Å². The Morgan fingerprint density at radius 1 is 0.917 bits per heavy atom. The summed E-state index contributed by atoms with van der Waals surface area (Å²) in [5, 5.41) is 6.18. The minimum atomic E-state index is -0.467. The molecular formula is C18H37N3O3. The van der Waals surface area contributed by atoms with Crippen molar-refractivity contribution in [3.05, 3.63) is 0 Å². The van der Waals surface area contributed by atoms with Gasteiger partial charge in [0.05, 0.1) is 0 Å². The molecule has 0 aromatic heterocycles. The van der Waals surface area contributed by atoms with E-state index in [1.165, 1.54) is 25.7 Å². The van der Waals surface area contributed by atoms with Crippen LogP contribution in [-0.4, -0.2) is 47.8 Å². The summed E-state index contributed by atoms with van der Waals surface area (Å²) in [6, 6.07) is 0.390. The molecule has 142 valence electrons. The quantitative estimate of drug-likeness (QED) is 0.747. The van der Waals surface area contributed by atoms with E-state index in [0.29, 0.717) is 19.1 Å². The predicted molar refractivity (Wildman–Crippen MR) is 98.2 cm³/mol. The van der Waals surface area contributed by atoms with Crippen molar-refractivity contribution in [3.8, 4) is 0 Å². The first-order valence-electron chi connectivity index (χ1n) is 9.38. The summed E-state index contributed by atoms with van der Waals surface area (Å²) in [6.45, 7) is 6.87. The van der Waals surface area contributed by atoms with Crippen LogP contribution in [0.4, 0.5) is 9.59 Å². The highest BCUT2D eigenvalue weighted by atomic mass is 16.6. The zero-order valence-electron chi connectivity index (χ0n) is 15.4. The Labute approximate surface area is 148 Å². The number of rotatable bonds is 2. The third-order valence-electron chi connectivity index (χ3n) is 4.67. The van der Waals surface area contributed by atoms with Crippen LogP contribution in [0.1, 0.15) is 75.0 Å². The Balaban J connectivity index is 0.00000312. The van der Waals surface area contributed by atoms with E-state index < -0.39 is 5.60 Å². The maximum absolute atomic E-state index is 12.2. The molecule has 0 radical (unpaired) electrons. The zero-order valence-corrected chi connectivity index (χ0v) is 15.4. The molecular weight excluding hydrogens is 306 g/mol. The molecule has 24 heavy (non-hydrogen) atoms. The molecule has 2 rings (SSSR count). The monoisotopic (exact) mass is 343 g/mol. The Kier molecular flexibility index (Phi) is 6.75. The number of hydrogen-bond donors (Lipinski definition) is 2. The summed E-state index contributed by atoms with van der Waals surface area (Å²) in [5.74, 6) is 0. The van der Waals surface area contributed by atoms with Crippen LogP contribution in [0.5, 0.6) is 0 Å². The standard InChI is InChI=1S/C18H33N3O3.2H2/c1-18(2,3)24-17(23)21-12-10-15(11-13-21)20-16(22)19-14-8-6-4-5-7-9-14;;/h14-15H,4-13H2,1-3H3,(H2,19,20,22);2*1H. The first-order valence-corrected chi connectivity index (χ1v) is 9.38. The van der Waals surface area contributed by atoms with Crippen LogP contribution in [0.25, 0.3) is 0 Å². The largest absolute Gasteiger partial charge is 0.444 e. The lowest BCUT2D eigenvalue weighted by Crippen LogP contribution is -2.51. The Hall–Kier alpha value is -1.46. The smallest absolute Gasteiger partial charge is 0.410 e. The van der Waals surface area contributed by atoms with Gasteiger partial charge < -0.3 is 20.3 Å². The van der Waals surface area contributed by atoms with Crippen LogP contribution >= 0.6 is 0 Å². The maximum Gasteiger partial charge on any atom is 0.410 e. The molecule has 6 nitrogen and oxygen atoms in total. The number of piperidine rings is 1. The van der Waals surface area contributed by atoms with Gasteiger partial charge in [-0.05, 0) is 46.5 Å². The fraction of sp³-hybridized carbons (Fsp3) is 0.889. The lowest BCUT2D eigenvalue weighted by Gasteiger charge is -2.34. The lowest BCUT2D eigenvalue weighted by atomic mass is 10.1. The first kappa shape index (κ1) is 18.9. The average Bonchev–Trinajstić information content (AvgIpc) is 2.74. The number of ether oxygens (including phenoxy) is 1. The first-order chi connectivity index (χ1) is 11.3. The molecule has 0 aromatic carbocycles. The SMILES string of the molecule is CC(C)(C)OC(=O)N1CCC(NC(=O)NC2CCCCCC2)CC1.[HH].[HH]. The zero-order chi connectivity index (χ0) is 17.6. The van der Waals surface area contributed by atoms with Crippen LogP contribution < -0.4 is 10.6 Å². The number of carbonyl (C=O) groups excluding carboxylic acids is 2. The molecule has 0 bridgehead atoms. The van der Waals surface area contributed by atoms with Gasteiger partial charge in [-0.2, -0.15) is 0 Å². The van der Waals surface area contributed by atoms with Crippen LogP contribution in [0.3, 0.4) is 0 Å². The molecule has 1 aliphatic heterocycles. The highest BCUT2D eigenvalue weighted by Gasteiger charge is 2.27. The number of amides is 3. The molecule has 1 saturated heterocycles. The van der Waals surface area contributed by atoms with E-state index >= 15 is 0 Å². The second kappa shape index (κ2) is 8.58. The van der Waals surface area contributed by atoms with Crippen molar-refractivity contribution in [2.45, 2.75) is 89.8 Å². The second-order valence-corrected chi connectivity index (χ2v) is 8.05. The van der Waals surface area contributed by atoms with Gasteiger partial charge in [-0.1, -0.05) is 25.7 Å². The second-order valence-electron chi connectivity index (χ2n) is 8.05. The lowest BCUT2D eigenvalue weighted by molar-refractivity contribution is 0.0201. The van der Waals surface area contributed by atoms with Crippen LogP contribution in [-0.2, 0) is 4.74 Å². The minimum Gasteiger partial charge on any atom is -0.444 e. The van der Waals surface area contributed by atoms with Gasteiger partial charge in [0, 0.05) is 28.0 Å². The van der Waals surface area contributed by atoms with Crippen molar-refractivity contribution in [2.75, 3.05) is 13.1 Å². The van der Waals surface area contributed by atoms with E-state index in [1.54, 1.807) is 4.90 Å². The molecule has 0 spiro atoms. The van der Waals surface area contributed by atoms with Gasteiger partial charge in [0.15, 0.2) is 0 Å². The van der Waals surface area contributed by atoms with Crippen LogP contribution in [0.15, 0.2) is 0 Å². The van der Waals surface area contributed by atoms with E-state index in [0.717, 1.165) is 25.7 Å². The summed E-state index contributed by atoms with van der Waals surface area (Å²) in [6.07, 6.45) is 8.44. The van der Waals surface area contributed by atoms with Crippen molar-refractivity contribution in [1.82, 2.24) is 15.5 Å². The highest BCUT2D eigenvalue weighted by molar-refractivity contribution is 5.74. The Morgan fingerprint density at radius 2 is 1.42 bits per heavy atom. The fourth-order valence-corrected chi connectivity index (χ4v) is 3.37. The van der Waals surface area contributed by atoms with Crippen molar-refractivity contribution in [3.63, 3.8) is 0 Å². The van der Waals surface area contributed by atoms with Gasteiger partial charge in [0.2, 0.25) is 0 Å². The van der Waals surface area contributed by atoms with E-state index in [4.69, 9.17) is 4.74 Å². The van der Waals surface area contributed by atoms with Gasteiger partial charge in [-0.15, -0.1) is 0 Å². The topological polar surface area (TPSA) is 70.7 Å².